The number of thioether (sulfide) groups is 1. The summed E-state index contributed by atoms with van der Waals surface area (Å²) in [6.07, 6.45) is -11.1. The Bertz CT molecular complexity index is 1590. The van der Waals surface area contributed by atoms with Crippen LogP contribution in [0.1, 0.15) is 11.1 Å². The molecular formula is C29H29F10N5O7S. The van der Waals surface area contributed by atoms with Gasteiger partial charge in [-0.25, -0.2) is 18.8 Å². The quantitative estimate of drug-likeness (QED) is 0.133. The lowest BCUT2D eigenvalue weighted by molar-refractivity contribution is -0.193. The number of anilines is 1. The van der Waals surface area contributed by atoms with Crippen LogP contribution < -0.4 is 10.6 Å². The van der Waals surface area contributed by atoms with E-state index in [-0.39, 0.29) is 11.7 Å². The molecule has 2 aromatic carbocycles. The molecule has 1 aliphatic rings. The number of carboxylic acid groups (broad SMARTS) is 3. The van der Waals surface area contributed by atoms with Gasteiger partial charge in [0.15, 0.2) is 0 Å². The summed E-state index contributed by atoms with van der Waals surface area (Å²) in [6, 6.07) is 10.4. The van der Waals surface area contributed by atoms with Crippen LogP contribution in [0.3, 0.4) is 0 Å². The van der Waals surface area contributed by atoms with Crippen molar-refractivity contribution in [2.75, 3.05) is 31.7 Å². The second kappa shape index (κ2) is 19.6. The monoisotopic (exact) mass is 781 g/mol. The first-order valence-electron chi connectivity index (χ1n) is 14.0. The van der Waals surface area contributed by atoms with Gasteiger partial charge in [0, 0.05) is 35.5 Å². The topological polar surface area (TPSA) is 185 Å². The number of aromatic nitrogens is 2. The molecule has 0 saturated carbocycles. The molecule has 0 unspecified atom stereocenters. The molecule has 1 aliphatic heterocycles. The van der Waals surface area contributed by atoms with E-state index in [4.69, 9.17) is 29.7 Å². The number of amides is 1. The highest BCUT2D eigenvalue weighted by Gasteiger charge is 2.39. The third kappa shape index (κ3) is 16.4. The zero-order valence-corrected chi connectivity index (χ0v) is 27.4. The van der Waals surface area contributed by atoms with Gasteiger partial charge in [-0.2, -0.15) is 44.6 Å². The van der Waals surface area contributed by atoms with Crippen molar-refractivity contribution >= 4 is 41.3 Å². The summed E-state index contributed by atoms with van der Waals surface area (Å²) >= 11 is 1.71. The van der Waals surface area contributed by atoms with Crippen LogP contribution in [-0.2, 0) is 32.1 Å². The maximum atomic E-state index is 13.6. The SMILES string of the molecule is CN(C)CCSc1cc(-c2cn[nH]c2)ccc1NC(=O)[C@@H]1Cc2cc(F)ccc2CN1.O=C(O)C(F)(F)F.O=C(O)C(F)(F)F.O=C(O)C(F)(F)F. The number of alkyl halides is 9. The van der Waals surface area contributed by atoms with Crippen LogP contribution in [0.5, 0.6) is 0 Å². The van der Waals surface area contributed by atoms with Gasteiger partial charge in [0.1, 0.15) is 5.82 Å². The summed E-state index contributed by atoms with van der Waals surface area (Å²) in [5.41, 5.74) is 4.75. The number of benzene rings is 2. The van der Waals surface area contributed by atoms with Gasteiger partial charge in [-0.3, -0.25) is 9.89 Å². The number of hydrogen-bond acceptors (Lipinski definition) is 8. The number of H-pyrrole nitrogens is 1. The van der Waals surface area contributed by atoms with E-state index in [9.17, 15) is 48.7 Å². The van der Waals surface area contributed by atoms with Gasteiger partial charge in [-0.05, 0) is 61.5 Å². The van der Waals surface area contributed by atoms with Gasteiger partial charge >= 0.3 is 36.4 Å². The van der Waals surface area contributed by atoms with Crippen LogP contribution in [0.2, 0.25) is 0 Å². The zero-order chi connectivity index (χ0) is 40.0. The minimum Gasteiger partial charge on any atom is -0.475 e. The minimum atomic E-state index is -5.08. The number of aliphatic carboxylic acids is 3. The highest BCUT2D eigenvalue weighted by molar-refractivity contribution is 7.99. The van der Waals surface area contributed by atoms with E-state index >= 15 is 0 Å². The standard InChI is InChI=1S/C23H26FN5OS.3C2HF3O2/c1-29(2)7-8-31-22-11-15(18-13-26-27-14-18)4-6-20(22)28-23(30)21-10-17-9-19(24)5-3-16(17)12-25-21;3*3-2(4,5)1(6)7/h3-6,9,11,13-14,21,25H,7-8,10,12H2,1-2H3,(H,26,27)(H,28,30);3*(H,6,7)/t21-;;;/m0.../s1. The predicted molar refractivity (Wildman–Crippen MR) is 164 cm³/mol. The summed E-state index contributed by atoms with van der Waals surface area (Å²) in [4.78, 5) is 42.8. The molecule has 0 spiro atoms. The van der Waals surface area contributed by atoms with E-state index in [1.807, 2.05) is 32.4 Å². The highest BCUT2D eigenvalue weighted by Crippen LogP contribution is 2.32. The molecule has 23 heteroatoms. The predicted octanol–water partition coefficient (Wildman–Crippen LogP) is 5.42. The lowest BCUT2D eigenvalue weighted by atomic mass is 9.95. The van der Waals surface area contributed by atoms with Crippen LogP contribution in [0.15, 0.2) is 53.7 Å². The number of rotatable bonds is 7. The maximum Gasteiger partial charge on any atom is 0.490 e. The summed E-state index contributed by atoms with van der Waals surface area (Å²) in [5, 5.41) is 34.6. The van der Waals surface area contributed by atoms with Crippen LogP contribution in [0.25, 0.3) is 11.1 Å². The summed E-state index contributed by atoms with van der Waals surface area (Å²) < 4.78 is 109. The van der Waals surface area contributed by atoms with Crippen molar-refractivity contribution in [3.05, 3.63) is 65.7 Å². The summed E-state index contributed by atoms with van der Waals surface area (Å²) in [7, 11) is 4.08. The molecule has 0 bridgehead atoms. The number of carbonyl (C=O) groups excluding carboxylic acids is 1. The molecule has 288 valence electrons. The number of halogens is 10. The third-order valence-electron chi connectivity index (χ3n) is 6.04. The number of carboxylic acids is 3. The average molecular weight is 782 g/mol. The Morgan fingerprint density at radius 3 is 1.85 bits per heavy atom. The maximum absolute atomic E-state index is 13.6. The molecule has 0 fully saturated rings. The van der Waals surface area contributed by atoms with Crippen LogP contribution >= 0.6 is 11.8 Å². The van der Waals surface area contributed by atoms with Crippen molar-refractivity contribution in [2.45, 2.75) is 42.4 Å². The van der Waals surface area contributed by atoms with E-state index in [2.05, 4.69) is 31.8 Å². The van der Waals surface area contributed by atoms with E-state index in [1.165, 1.54) is 12.1 Å². The Hall–Kier alpha value is -4.90. The summed E-state index contributed by atoms with van der Waals surface area (Å²) in [5.74, 6) is -7.75. The molecule has 1 amide bonds. The molecular weight excluding hydrogens is 752 g/mol. The smallest absolute Gasteiger partial charge is 0.475 e. The first-order valence-corrected chi connectivity index (χ1v) is 14.9. The molecule has 52 heavy (non-hydrogen) atoms. The Kier molecular flexibility index (Phi) is 17.0. The molecule has 0 radical (unpaired) electrons. The Labute approximate surface area is 291 Å². The Morgan fingerprint density at radius 1 is 0.846 bits per heavy atom. The van der Waals surface area contributed by atoms with Crippen molar-refractivity contribution < 1.29 is 78.4 Å². The van der Waals surface area contributed by atoms with Crippen molar-refractivity contribution in [3.8, 4) is 11.1 Å². The van der Waals surface area contributed by atoms with Crippen molar-refractivity contribution in [1.82, 2.24) is 20.4 Å². The number of fused-ring (bicyclic) bond motifs is 1. The molecule has 12 nitrogen and oxygen atoms in total. The largest absolute Gasteiger partial charge is 0.490 e. The van der Waals surface area contributed by atoms with E-state index in [0.717, 1.165) is 45.1 Å². The van der Waals surface area contributed by atoms with E-state index < -0.39 is 42.5 Å². The lowest BCUT2D eigenvalue weighted by Crippen LogP contribution is -2.44. The van der Waals surface area contributed by atoms with Gasteiger partial charge in [0.25, 0.3) is 0 Å². The molecule has 3 aromatic rings. The van der Waals surface area contributed by atoms with Gasteiger partial charge in [0.2, 0.25) is 5.91 Å². The Morgan fingerprint density at radius 2 is 1.38 bits per heavy atom. The number of carbonyl (C=O) groups is 4. The van der Waals surface area contributed by atoms with Crippen molar-refractivity contribution in [2.24, 2.45) is 0 Å². The van der Waals surface area contributed by atoms with Crippen LogP contribution in [-0.4, -0.2) is 105 Å². The third-order valence-corrected chi connectivity index (χ3v) is 7.08. The Balaban J connectivity index is 0.000000525. The molecule has 0 aliphatic carbocycles. The zero-order valence-electron chi connectivity index (χ0n) is 26.6. The highest BCUT2D eigenvalue weighted by atomic mass is 32.2. The fourth-order valence-electron chi connectivity index (χ4n) is 3.56. The van der Waals surface area contributed by atoms with Crippen LogP contribution in [0, 0.1) is 5.82 Å². The first kappa shape index (κ1) is 45.1. The molecule has 1 atom stereocenters. The minimum absolute atomic E-state index is 0.111. The number of aromatic amines is 1. The van der Waals surface area contributed by atoms with Crippen molar-refractivity contribution in [1.29, 1.82) is 0 Å². The van der Waals surface area contributed by atoms with E-state index in [1.54, 1.807) is 24.0 Å². The van der Waals surface area contributed by atoms with Crippen molar-refractivity contribution in [3.63, 3.8) is 0 Å². The number of nitrogens with zero attached hydrogens (tertiary/aromatic N) is 2. The number of hydrogen-bond donors (Lipinski definition) is 6. The van der Waals surface area contributed by atoms with Crippen LogP contribution in [0.4, 0.5) is 49.6 Å². The van der Waals surface area contributed by atoms with Gasteiger partial charge in [-0.15, -0.1) is 11.8 Å². The van der Waals surface area contributed by atoms with Gasteiger partial charge in [-0.1, -0.05) is 12.1 Å². The van der Waals surface area contributed by atoms with Gasteiger partial charge < -0.3 is 30.9 Å². The lowest BCUT2D eigenvalue weighted by Gasteiger charge is -2.26. The molecule has 4 rings (SSSR count). The first-order chi connectivity index (χ1) is 23.8. The normalized spacial score (nSPS) is 13.9. The van der Waals surface area contributed by atoms with Gasteiger partial charge in [0.05, 0.1) is 17.9 Å². The summed E-state index contributed by atoms with van der Waals surface area (Å²) in [6.45, 7) is 1.48. The fourth-order valence-corrected chi connectivity index (χ4v) is 4.72. The number of nitrogens with one attached hydrogen (secondary N) is 3. The average Bonchev–Trinajstić information content (AvgIpc) is 3.56. The second-order valence-corrected chi connectivity index (χ2v) is 11.4. The molecule has 0 saturated heterocycles. The molecule has 2 heterocycles. The fraction of sp³-hybridized carbons (Fsp3) is 0.345. The molecule has 1 aromatic heterocycles. The van der Waals surface area contributed by atoms with E-state index in [0.29, 0.717) is 13.0 Å². The molecule has 6 N–H and O–H groups in total. The second-order valence-electron chi connectivity index (χ2n) is 10.3.